The minimum atomic E-state index is 0.636. The van der Waals surface area contributed by atoms with Crippen molar-refractivity contribution >= 4 is 21.6 Å². The third-order valence-electron chi connectivity index (χ3n) is 2.47. The molecule has 1 aromatic heterocycles. The first-order chi connectivity index (χ1) is 8.79. The van der Waals surface area contributed by atoms with Crippen molar-refractivity contribution in [3.63, 3.8) is 0 Å². The third-order valence-corrected chi connectivity index (χ3v) is 3.24. The van der Waals surface area contributed by atoms with Gasteiger partial charge in [0.25, 0.3) is 0 Å². The van der Waals surface area contributed by atoms with Crippen molar-refractivity contribution in [2.45, 2.75) is 13.5 Å². The van der Waals surface area contributed by atoms with E-state index in [4.69, 9.17) is 4.74 Å². The van der Waals surface area contributed by atoms with Gasteiger partial charge in [-0.1, -0.05) is 34.1 Å². The first-order valence-corrected chi connectivity index (χ1v) is 6.65. The summed E-state index contributed by atoms with van der Waals surface area (Å²) in [6.07, 6.45) is 1.78. The number of hydrogen-bond donors (Lipinski definition) is 1. The highest BCUT2D eigenvalue weighted by Crippen LogP contribution is 2.18. The second-order valence-corrected chi connectivity index (χ2v) is 4.62. The van der Waals surface area contributed by atoms with Crippen molar-refractivity contribution in [3.05, 3.63) is 52.6 Å². The van der Waals surface area contributed by atoms with Crippen LogP contribution >= 0.6 is 15.9 Å². The smallest absolute Gasteiger partial charge is 0.213 e. The average Bonchev–Trinajstić information content (AvgIpc) is 2.40. The number of nitrogens with zero attached hydrogens (tertiary/aromatic N) is 1. The zero-order valence-corrected chi connectivity index (χ0v) is 11.8. The summed E-state index contributed by atoms with van der Waals surface area (Å²) in [5, 5.41) is 3.32. The summed E-state index contributed by atoms with van der Waals surface area (Å²) in [5.74, 6) is 0.656. The van der Waals surface area contributed by atoms with Crippen LogP contribution in [0.5, 0.6) is 5.88 Å². The van der Waals surface area contributed by atoms with Crippen molar-refractivity contribution in [1.29, 1.82) is 0 Å². The number of anilines is 1. The predicted molar refractivity (Wildman–Crippen MR) is 76.9 cm³/mol. The number of nitrogens with one attached hydrogen (secondary N) is 1. The molecule has 0 atom stereocenters. The van der Waals surface area contributed by atoms with Gasteiger partial charge in [0.15, 0.2) is 0 Å². The summed E-state index contributed by atoms with van der Waals surface area (Å²) in [5.41, 5.74) is 2.19. The lowest BCUT2D eigenvalue weighted by atomic mass is 10.2. The zero-order valence-electron chi connectivity index (χ0n) is 10.2. The lowest BCUT2D eigenvalue weighted by Gasteiger charge is -2.08. The van der Waals surface area contributed by atoms with Crippen LogP contribution in [0.1, 0.15) is 12.5 Å². The fourth-order valence-electron chi connectivity index (χ4n) is 1.56. The molecule has 0 spiro atoms. The standard InChI is InChI=1S/C14H15BrN2O/c1-2-18-14-8-7-12(10-17-14)16-9-11-5-3-4-6-13(11)15/h3-8,10,16H,2,9H2,1H3. The van der Waals surface area contributed by atoms with Crippen LogP contribution in [-0.2, 0) is 6.54 Å². The van der Waals surface area contributed by atoms with E-state index in [0.717, 1.165) is 16.7 Å². The summed E-state index contributed by atoms with van der Waals surface area (Å²) < 4.78 is 6.40. The van der Waals surface area contributed by atoms with Crippen molar-refractivity contribution in [1.82, 2.24) is 4.98 Å². The van der Waals surface area contributed by atoms with E-state index in [1.54, 1.807) is 6.20 Å². The van der Waals surface area contributed by atoms with Gasteiger partial charge in [-0.25, -0.2) is 4.98 Å². The molecule has 1 aromatic carbocycles. The molecule has 18 heavy (non-hydrogen) atoms. The van der Waals surface area contributed by atoms with Crippen LogP contribution in [0, 0.1) is 0 Å². The maximum absolute atomic E-state index is 5.30. The number of hydrogen-bond acceptors (Lipinski definition) is 3. The Hall–Kier alpha value is -1.55. The number of aromatic nitrogens is 1. The molecule has 0 aliphatic rings. The molecule has 0 amide bonds. The number of ether oxygens (including phenoxy) is 1. The molecule has 0 aliphatic carbocycles. The zero-order chi connectivity index (χ0) is 12.8. The Morgan fingerprint density at radius 3 is 2.72 bits per heavy atom. The maximum Gasteiger partial charge on any atom is 0.213 e. The van der Waals surface area contributed by atoms with Gasteiger partial charge in [0, 0.05) is 17.1 Å². The van der Waals surface area contributed by atoms with Gasteiger partial charge in [-0.15, -0.1) is 0 Å². The van der Waals surface area contributed by atoms with Crippen molar-refractivity contribution < 1.29 is 4.74 Å². The number of pyridine rings is 1. The molecular formula is C14H15BrN2O. The van der Waals surface area contributed by atoms with Crippen LogP contribution in [0.3, 0.4) is 0 Å². The lowest BCUT2D eigenvalue weighted by Crippen LogP contribution is -2.01. The summed E-state index contributed by atoms with van der Waals surface area (Å²) in [6.45, 7) is 3.34. The number of benzene rings is 1. The molecular weight excluding hydrogens is 292 g/mol. The van der Waals surface area contributed by atoms with Crippen LogP contribution in [-0.4, -0.2) is 11.6 Å². The largest absolute Gasteiger partial charge is 0.478 e. The first kappa shape index (κ1) is 12.9. The van der Waals surface area contributed by atoms with Gasteiger partial charge in [-0.3, -0.25) is 0 Å². The SMILES string of the molecule is CCOc1ccc(NCc2ccccc2Br)cn1. The molecule has 0 saturated carbocycles. The molecule has 0 aliphatic heterocycles. The number of rotatable bonds is 5. The molecule has 0 saturated heterocycles. The van der Waals surface area contributed by atoms with Crippen LogP contribution in [0.2, 0.25) is 0 Å². The fraction of sp³-hybridized carbons (Fsp3) is 0.214. The highest BCUT2D eigenvalue weighted by Gasteiger charge is 1.99. The van der Waals surface area contributed by atoms with E-state index in [1.165, 1.54) is 5.56 Å². The molecule has 94 valence electrons. The van der Waals surface area contributed by atoms with E-state index in [0.29, 0.717) is 12.5 Å². The van der Waals surface area contributed by atoms with Gasteiger partial charge in [0.1, 0.15) is 0 Å². The molecule has 2 rings (SSSR count). The summed E-state index contributed by atoms with van der Waals surface area (Å²) in [7, 11) is 0. The van der Waals surface area contributed by atoms with E-state index in [1.807, 2.05) is 37.3 Å². The highest BCUT2D eigenvalue weighted by molar-refractivity contribution is 9.10. The van der Waals surface area contributed by atoms with Crippen molar-refractivity contribution in [3.8, 4) is 5.88 Å². The molecule has 0 unspecified atom stereocenters. The van der Waals surface area contributed by atoms with Crippen LogP contribution in [0.4, 0.5) is 5.69 Å². The highest BCUT2D eigenvalue weighted by atomic mass is 79.9. The van der Waals surface area contributed by atoms with Crippen molar-refractivity contribution in [2.75, 3.05) is 11.9 Å². The van der Waals surface area contributed by atoms with Crippen LogP contribution in [0.25, 0.3) is 0 Å². The lowest BCUT2D eigenvalue weighted by molar-refractivity contribution is 0.327. The second-order valence-electron chi connectivity index (χ2n) is 3.76. The van der Waals surface area contributed by atoms with Gasteiger partial charge >= 0.3 is 0 Å². The summed E-state index contributed by atoms with van der Waals surface area (Å²) in [6, 6.07) is 12.0. The first-order valence-electron chi connectivity index (χ1n) is 5.85. The van der Waals surface area contributed by atoms with Crippen molar-refractivity contribution in [2.24, 2.45) is 0 Å². The molecule has 3 nitrogen and oxygen atoms in total. The Kier molecular flexibility index (Phi) is 4.59. The average molecular weight is 307 g/mol. The molecule has 4 heteroatoms. The normalized spacial score (nSPS) is 10.1. The molecule has 0 radical (unpaired) electrons. The Labute approximate surface area is 115 Å². The van der Waals surface area contributed by atoms with E-state index < -0.39 is 0 Å². The Bertz CT molecular complexity index is 499. The second kappa shape index (κ2) is 6.40. The molecule has 1 heterocycles. The predicted octanol–water partition coefficient (Wildman–Crippen LogP) is 3.85. The monoisotopic (exact) mass is 306 g/mol. The van der Waals surface area contributed by atoms with Gasteiger partial charge in [-0.05, 0) is 24.6 Å². The summed E-state index contributed by atoms with van der Waals surface area (Å²) >= 11 is 3.53. The minimum Gasteiger partial charge on any atom is -0.478 e. The molecule has 0 fully saturated rings. The summed E-state index contributed by atoms with van der Waals surface area (Å²) in [4.78, 5) is 4.21. The molecule has 2 aromatic rings. The fourth-order valence-corrected chi connectivity index (χ4v) is 1.98. The number of halogens is 1. The van der Waals surface area contributed by atoms with Gasteiger partial charge in [-0.2, -0.15) is 0 Å². The third kappa shape index (κ3) is 3.47. The minimum absolute atomic E-state index is 0.636. The van der Waals surface area contributed by atoms with Gasteiger partial charge < -0.3 is 10.1 Å². The van der Waals surface area contributed by atoms with E-state index in [2.05, 4.69) is 32.3 Å². The quantitative estimate of drug-likeness (QED) is 0.911. The van der Waals surface area contributed by atoms with Gasteiger partial charge in [0.2, 0.25) is 5.88 Å². The Balaban J connectivity index is 1.96. The van der Waals surface area contributed by atoms with Crippen LogP contribution in [0.15, 0.2) is 47.1 Å². The van der Waals surface area contributed by atoms with E-state index in [9.17, 15) is 0 Å². The maximum atomic E-state index is 5.30. The Morgan fingerprint density at radius 1 is 1.22 bits per heavy atom. The van der Waals surface area contributed by atoms with E-state index >= 15 is 0 Å². The Morgan fingerprint density at radius 2 is 2.06 bits per heavy atom. The van der Waals surface area contributed by atoms with Gasteiger partial charge in [0.05, 0.1) is 18.5 Å². The van der Waals surface area contributed by atoms with Crippen LogP contribution < -0.4 is 10.1 Å². The molecule has 0 bridgehead atoms. The molecule has 1 N–H and O–H groups in total. The van der Waals surface area contributed by atoms with E-state index in [-0.39, 0.29) is 0 Å². The topological polar surface area (TPSA) is 34.1 Å².